The summed E-state index contributed by atoms with van der Waals surface area (Å²) in [5, 5.41) is 9.09. The van der Waals surface area contributed by atoms with E-state index in [9.17, 15) is 0 Å². The number of nitrogens with two attached hydrogens (primary N) is 1. The predicted molar refractivity (Wildman–Crippen MR) is 88.6 cm³/mol. The lowest BCUT2D eigenvalue weighted by Gasteiger charge is -2.38. The summed E-state index contributed by atoms with van der Waals surface area (Å²) in [6.07, 6.45) is 4.57. The number of rotatable bonds is 8. The molecule has 1 aromatic carbocycles. The molecule has 1 aliphatic rings. The van der Waals surface area contributed by atoms with Gasteiger partial charge in [0.05, 0.1) is 7.11 Å². The van der Waals surface area contributed by atoms with Crippen LogP contribution in [-0.2, 0) is 6.54 Å². The van der Waals surface area contributed by atoms with Gasteiger partial charge in [-0.1, -0.05) is 18.6 Å². The van der Waals surface area contributed by atoms with Crippen LogP contribution in [0.1, 0.15) is 36.8 Å². The van der Waals surface area contributed by atoms with Crippen molar-refractivity contribution in [3.8, 4) is 5.75 Å². The Morgan fingerprint density at radius 2 is 2.24 bits per heavy atom. The molecular weight excluding hydrogens is 284 g/mol. The molecule has 0 radical (unpaired) electrons. The lowest BCUT2D eigenvalue weighted by Crippen LogP contribution is -2.40. The van der Waals surface area contributed by atoms with Crippen molar-refractivity contribution in [2.24, 2.45) is 5.73 Å². The standard InChI is InChI=1S/C16H24N2O2S/c1-20-15-7-6-12(16(17)21)10-13(15)11-18(8-3-9-19)14-4-2-5-14/h6-7,10,14,19H,2-5,8-9,11H2,1H3,(H2,17,21). The topological polar surface area (TPSA) is 58.7 Å². The highest BCUT2D eigenvalue weighted by molar-refractivity contribution is 7.80. The minimum atomic E-state index is 0.229. The minimum absolute atomic E-state index is 0.229. The molecule has 0 atom stereocenters. The van der Waals surface area contributed by atoms with E-state index in [1.807, 2.05) is 18.2 Å². The Morgan fingerprint density at radius 1 is 1.48 bits per heavy atom. The molecule has 0 heterocycles. The van der Waals surface area contributed by atoms with Gasteiger partial charge in [-0.25, -0.2) is 0 Å². The van der Waals surface area contributed by atoms with Crippen LogP contribution < -0.4 is 10.5 Å². The molecule has 5 heteroatoms. The summed E-state index contributed by atoms with van der Waals surface area (Å²) in [4.78, 5) is 2.84. The van der Waals surface area contributed by atoms with E-state index < -0.39 is 0 Å². The number of benzene rings is 1. The maximum atomic E-state index is 9.09. The molecule has 21 heavy (non-hydrogen) atoms. The molecule has 0 amide bonds. The van der Waals surface area contributed by atoms with Gasteiger partial charge in [0, 0.05) is 36.9 Å². The average Bonchev–Trinajstić information content (AvgIpc) is 2.42. The zero-order valence-corrected chi connectivity index (χ0v) is 13.4. The van der Waals surface area contributed by atoms with Crippen LogP contribution in [0.2, 0.25) is 0 Å². The first-order valence-corrected chi connectivity index (χ1v) is 7.88. The Morgan fingerprint density at radius 3 is 2.76 bits per heavy atom. The van der Waals surface area contributed by atoms with Crippen molar-refractivity contribution in [1.82, 2.24) is 4.90 Å². The third kappa shape index (κ3) is 4.15. The summed E-state index contributed by atoms with van der Waals surface area (Å²) in [7, 11) is 1.68. The van der Waals surface area contributed by atoms with Gasteiger partial charge in [0.2, 0.25) is 0 Å². The van der Waals surface area contributed by atoms with Crippen molar-refractivity contribution in [3.05, 3.63) is 29.3 Å². The maximum absolute atomic E-state index is 9.09. The van der Waals surface area contributed by atoms with Crippen molar-refractivity contribution < 1.29 is 9.84 Å². The van der Waals surface area contributed by atoms with E-state index in [-0.39, 0.29) is 6.61 Å². The molecule has 0 unspecified atom stereocenters. The summed E-state index contributed by atoms with van der Waals surface area (Å²) in [5.74, 6) is 0.864. The monoisotopic (exact) mass is 308 g/mol. The molecule has 1 aromatic rings. The summed E-state index contributed by atoms with van der Waals surface area (Å²) in [5.41, 5.74) is 7.70. The number of hydrogen-bond acceptors (Lipinski definition) is 4. The van der Waals surface area contributed by atoms with Crippen LogP contribution in [0.4, 0.5) is 0 Å². The Labute approximate surface area is 131 Å². The Balaban J connectivity index is 2.17. The van der Waals surface area contributed by atoms with Gasteiger partial charge in [-0.2, -0.15) is 0 Å². The molecule has 4 nitrogen and oxygen atoms in total. The highest BCUT2D eigenvalue weighted by Crippen LogP contribution is 2.29. The minimum Gasteiger partial charge on any atom is -0.496 e. The number of aliphatic hydroxyl groups excluding tert-OH is 1. The molecule has 0 saturated heterocycles. The van der Waals surface area contributed by atoms with E-state index in [1.165, 1.54) is 19.3 Å². The van der Waals surface area contributed by atoms with Crippen molar-refractivity contribution in [2.75, 3.05) is 20.3 Å². The van der Waals surface area contributed by atoms with Gasteiger partial charge in [-0.3, -0.25) is 4.90 Å². The predicted octanol–water partition coefficient (Wildman–Crippen LogP) is 2.07. The molecule has 0 bridgehead atoms. The average molecular weight is 308 g/mol. The van der Waals surface area contributed by atoms with Crippen LogP contribution in [-0.4, -0.2) is 41.3 Å². The van der Waals surface area contributed by atoms with Gasteiger partial charge in [0.15, 0.2) is 0 Å². The molecule has 0 aromatic heterocycles. The Bertz CT molecular complexity index is 489. The third-order valence-corrected chi connectivity index (χ3v) is 4.37. The largest absolute Gasteiger partial charge is 0.496 e. The SMILES string of the molecule is COc1ccc(C(N)=S)cc1CN(CCCO)C1CCC1. The molecule has 116 valence electrons. The Hall–Kier alpha value is -1.17. The molecule has 2 rings (SSSR count). The van der Waals surface area contributed by atoms with E-state index in [0.717, 1.165) is 36.4 Å². The van der Waals surface area contributed by atoms with E-state index in [4.69, 9.17) is 27.8 Å². The lowest BCUT2D eigenvalue weighted by atomic mass is 9.91. The molecule has 1 aliphatic carbocycles. The van der Waals surface area contributed by atoms with E-state index >= 15 is 0 Å². The van der Waals surface area contributed by atoms with Crippen LogP contribution >= 0.6 is 12.2 Å². The molecule has 1 saturated carbocycles. The number of methoxy groups -OCH3 is 1. The number of ether oxygens (including phenoxy) is 1. The summed E-state index contributed by atoms with van der Waals surface area (Å²) < 4.78 is 5.46. The first-order chi connectivity index (χ1) is 10.2. The number of aliphatic hydroxyl groups is 1. The highest BCUT2D eigenvalue weighted by Gasteiger charge is 2.25. The second kappa shape index (κ2) is 7.73. The van der Waals surface area contributed by atoms with Gasteiger partial charge >= 0.3 is 0 Å². The Kier molecular flexibility index (Phi) is 5.96. The lowest BCUT2D eigenvalue weighted by molar-refractivity contribution is 0.108. The van der Waals surface area contributed by atoms with Gasteiger partial charge in [0.25, 0.3) is 0 Å². The summed E-state index contributed by atoms with van der Waals surface area (Å²) in [6.45, 7) is 1.94. The van der Waals surface area contributed by atoms with Crippen LogP contribution in [0, 0.1) is 0 Å². The molecule has 0 aliphatic heterocycles. The van der Waals surface area contributed by atoms with Gasteiger partial charge in [-0.15, -0.1) is 0 Å². The van der Waals surface area contributed by atoms with Crippen molar-refractivity contribution in [2.45, 2.75) is 38.3 Å². The van der Waals surface area contributed by atoms with Crippen LogP contribution in [0.25, 0.3) is 0 Å². The number of hydrogen-bond donors (Lipinski definition) is 2. The van der Waals surface area contributed by atoms with Crippen LogP contribution in [0.3, 0.4) is 0 Å². The fraction of sp³-hybridized carbons (Fsp3) is 0.562. The van der Waals surface area contributed by atoms with E-state index in [1.54, 1.807) is 7.11 Å². The zero-order chi connectivity index (χ0) is 15.2. The zero-order valence-electron chi connectivity index (χ0n) is 12.5. The molecular formula is C16H24N2O2S. The molecule has 1 fully saturated rings. The normalized spacial score (nSPS) is 15.0. The third-order valence-electron chi connectivity index (χ3n) is 4.13. The fourth-order valence-electron chi connectivity index (χ4n) is 2.69. The van der Waals surface area contributed by atoms with E-state index in [0.29, 0.717) is 11.0 Å². The van der Waals surface area contributed by atoms with Gasteiger partial charge in [0.1, 0.15) is 10.7 Å². The van der Waals surface area contributed by atoms with Gasteiger partial charge < -0.3 is 15.6 Å². The number of nitrogens with zero attached hydrogens (tertiary/aromatic N) is 1. The van der Waals surface area contributed by atoms with Crippen molar-refractivity contribution in [3.63, 3.8) is 0 Å². The quantitative estimate of drug-likeness (QED) is 0.720. The van der Waals surface area contributed by atoms with Gasteiger partial charge in [-0.05, 0) is 37.5 Å². The van der Waals surface area contributed by atoms with Crippen molar-refractivity contribution in [1.29, 1.82) is 0 Å². The first kappa shape index (κ1) is 16.2. The maximum Gasteiger partial charge on any atom is 0.123 e. The second-order valence-electron chi connectivity index (χ2n) is 5.52. The molecule has 0 spiro atoms. The second-order valence-corrected chi connectivity index (χ2v) is 5.96. The summed E-state index contributed by atoms with van der Waals surface area (Å²) >= 11 is 5.06. The van der Waals surface area contributed by atoms with Crippen LogP contribution in [0.15, 0.2) is 18.2 Å². The fourth-order valence-corrected chi connectivity index (χ4v) is 2.82. The molecule has 3 N–H and O–H groups in total. The first-order valence-electron chi connectivity index (χ1n) is 7.47. The smallest absolute Gasteiger partial charge is 0.123 e. The van der Waals surface area contributed by atoms with Crippen LogP contribution in [0.5, 0.6) is 5.75 Å². The highest BCUT2D eigenvalue weighted by atomic mass is 32.1. The number of thiocarbonyl (C=S) groups is 1. The van der Waals surface area contributed by atoms with Crippen molar-refractivity contribution >= 4 is 17.2 Å². The summed E-state index contributed by atoms with van der Waals surface area (Å²) in [6, 6.07) is 6.46. The van der Waals surface area contributed by atoms with E-state index in [2.05, 4.69) is 4.90 Å².